The summed E-state index contributed by atoms with van der Waals surface area (Å²) in [6, 6.07) is 31.2. The lowest BCUT2D eigenvalue weighted by atomic mass is 9.97. The number of fused-ring (bicyclic) bond motifs is 6. The van der Waals surface area contributed by atoms with Crippen molar-refractivity contribution in [3.05, 3.63) is 170 Å². The van der Waals surface area contributed by atoms with Crippen molar-refractivity contribution in [1.29, 1.82) is 0 Å². The van der Waals surface area contributed by atoms with Crippen molar-refractivity contribution >= 4 is 43.7 Å². The fourth-order valence-electron chi connectivity index (χ4n) is 6.60. The molecule has 0 aliphatic heterocycles. The Kier molecular flexibility index (Phi) is 4.67. The Hall–Kier alpha value is -6.85. The van der Waals surface area contributed by atoms with Crippen molar-refractivity contribution < 1.29 is 16.8 Å². The van der Waals surface area contributed by atoms with E-state index < -0.39 is 30.2 Å². The normalized spacial score (nSPS) is 14.1. The Morgan fingerprint density at radius 3 is 1.66 bits per heavy atom. The average molecular weight is 650 g/mol. The SMILES string of the molecule is [2H]c1cc([2H])c2oc3c(-c4c([2H])c([2H])c([2H])c(-c5nc(-c6ccccc6)nc(-c6ccccc6)n5)c4-n4c5ccccc5c5ccccc54)c([2H])c([2H])c([2H])c3c2c1[2H]. The van der Waals surface area contributed by atoms with E-state index in [9.17, 15) is 5.48 Å². The molecule has 50 heavy (non-hydrogen) atoms. The summed E-state index contributed by atoms with van der Waals surface area (Å²) in [5.74, 6) is 0.579. The number of nitrogens with zero attached hydrogens (tertiary/aromatic N) is 4. The van der Waals surface area contributed by atoms with Gasteiger partial charge in [0.05, 0.1) is 29.1 Å². The van der Waals surface area contributed by atoms with Crippen LogP contribution in [0.1, 0.15) is 12.3 Å². The van der Waals surface area contributed by atoms with Gasteiger partial charge in [-0.05, 0) is 24.2 Å². The fraction of sp³-hybridized carbons (Fsp3) is 0. The van der Waals surface area contributed by atoms with Gasteiger partial charge in [-0.2, -0.15) is 0 Å². The standard InChI is InChI=1S/C45H28N4O/c1-3-15-29(16-4-1)43-46-44(30-17-5-2-6-18-30)48-45(47-43)37-25-13-22-34(36-24-14-23-35-33-21-9-12-28-40(33)50-42(35)36)41(37)49-38-26-10-7-19-31(38)32-20-8-11-27-39(32)49/h1-28H/i9D,13D,14D,21D,22D,23D,24D,25D,28D. The summed E-state index contributed by atoms with van der Waals surface area (Å²) < 4.78 is 90.4. The van der Waals surface area contributed by atoms with Crippen LogP contribution in [0.15, 0.2) is 174 Å². The monoisotopic (exact) mass is 649 g/mol. The number of benzene rings is 7. The number of furan rings is 1. The maximum Gasteiger partial charge on any atom is 0.166 e. The van der Waals surface area contributed by atoms with Gasteiger partial charge in [0.1, 0.15) is 11.2 Å². The van der Waals surface area contributed by atoms with E-state index >= 15 is 0 Å². The van der Waals surface area contributed by atoms with Crippen LogP contribution >= 0.6 is 0 Å². The van der Waals surface area contributed by atoms with Gasteiger partial charge >= 0.3 is 0 Å². The second kappa shape index (κ2) is 11.4. The largest absolute Gasteiger partial charge is 0.455 e. The molecule has 0 N–H and O–H groups in total. The molecule has 0 amide bonds. The third-order valence-electron chi connectivity index (χ3n) is 8.81. The highest BCUT2D eigenvalue weighted by atomic mass is 16.3. The lowest BCUT2D eigenvalue weighted by Crippen LogP contribution is -2.05. The Morgan fingerprint density at radius 1 is 0.440 bits per heavy atom. The van der Waals surface area contributed by atoms with Gasteiger partial charge in [0.25, 0.3) is 0 Å². The lowest BCUT2D eigenvalue weighted by molar-refractivity contribution is 0.670. The minimum atomic E-state index is -0.551. The van der Waals surface area contributed by atoms with Crippen molar-refractivity contribution in [3.63, 3.8) is 0 Å². The summed E-state index contributed by atoms with van der Waals surface area (Å²) >= 11 is 0. The molecule has 0 bridgehead atoms. The van der Waals surface area contributed by atoms with Crippen LogP contribution in [0.3, 0.4) is 0 Å². The third kappa shape index (κ3) is 4.45. The molecule has 5 heteroatoms. The molecule has 0 radical (unpaired) electrons. The quantitative estimate of drug-likeness (QED) is 0.186. The molecule has 0 saturated heterocycles. The molecule has 0 aliphatic rings. The molecular formula is C45H28N4O. The molecular weight excluding hydrogens is 613 g/mol. The molecule has 10 rings (SSSR count). The van der Waals surface area contributed by atoms with E-state index in [1.54, 1.807) is 0 Å². The van der Waals surface area contributed by atoms with Gasteiger partial charge in [-0.25, -0.2) is 15.0 Å². The molecule has 3 heterocycles. The first-order valence-electron chi connectivity index (χ1n) is 20.5. The molecule has 0 saturated carbocycles. The highest BCUT2D eigenvalue weighted by molar-refractivity contribution is 6.13. The summed E-state index contributed by atoms with van der Waals surface area (Å²) in [5, 5.41) is 1.56. The molecule has 234 valence electrons. The van der Waals surface area contributed by atoms with Gasteiger partial charge in [0, 0.05) is 49.4 Å². The van der Waals surface area contributed by atoms with Crippen molar-refractivity contribution in [1.82, 2.24) is 19.5 Å². The zero-order valence-corrected chi connectivity index (χ0v) is 26.2. The van der Waals surface area contributed by atoms with E-state index in [-0.39, 0.29) is 86.0 Å². The lowest BCUT2D eigenvalue weighted by Gasteiger charge is -2.19. The number of para-hydroxylation sites is 5. The van der Waals surface area contributed by atoms with Crippen LogP contribution in [0.4, 0.5) is 0 Å². The van der Waals surface area contributed by atoms with Crippen LogP contribution in [0, 0.1) is 0 Å². The first kappa shape index (κ1) is 20.5. The van der Waals surface area contributed by atoms with Gasteiger partial charge in [0.2, 0.25) is 0 Å². The summed E-state index contributed by atoms with van der Waals surface area (Å²) in [6.07, 6.45) is 0. The van der Waals surface area contributed by atoms with Crippen LogP contribution in [-0.4, -0.2) is 19.5 Å². The second-order valence-electron chi connectivity index (χ2n) is 11.7. The molecule has 10 aromatic rings. The Bertz CT molecular complexity index is 3280. The van der Waals surface area contributed by atoms with Crippen LogP contribution in [0.5, 0.6) is 0 Å². The Balaban J connectivity index is 1.46. The van der Waals surface area contributed by atoms with E-state index in [4.69, 9.17) is 26.2 Å². The summed E-state index contributed by atoms with van der Waals surface area (Å²) in [7, 11) is 0. The number of rotatable bonds is 5. The Morgan fingerprint density at radius 2 is 0.980 bits per heavy atom. The van der Waals surface area contributed by atoms with E-state index in [1.807, 2.05) is 114 Å². The van der Waals surface area contributed by atoms with Crippen LogP contribution < -0.4 is 0 Å². The van der Waals surface area contributed by atoms with Gasteiger partial charge in [-0.3, -0.25) is 0 Å². The highest BCUT2D eigenvalue weighted by Crippen LogP contribution is 2.44. The van der Waals surface area contributed by atoms with Crippen molar-refractivity contribution in [2.45, 2.75) is 0 Å². The molecule has 3 aromatic heterocycles. The van der Waals surface area contributed by atoms with Gasteiger partial charge in [-0.1, -0.05) is 145 Å². The average Bonchev–Trinajstić information content (AvgIpc) is 3.83. The number of hydrogen-bond acceptors (Lipinski definition) is 4. The number of aromatic nitrogens is 4. The van der Waals surface area contributed by atoms with E-state index in [0.717, 1.165) is 16.8 Å². The van der Waals surface area contributed by atoms with Crippen molar-refractivity contribution in [3.8, 4) is 51.0 Å². The predicted octanol–water partition coefficient (Wildman–Crippen LogP) is 11.5. The topological polar surface area (TPSA) is 56.7 Å². The molecule has 0 unspecified atom stereocenters. The van der Waals surface area contributed by atoms with Crippen LogP contribution in [-0.2, 0) is 0 Å². The van der Waals surface area contributed by atoms with Gasteiger partial charge < -0.3 is 8.98 Å². The smallest absolute Gasteiger partial charge is 0.166 e. The van der Waals surface area contributed by atoms with Gasteiger partial charge in [0.15, 0.2) is 17.5 Å². The molecule has 0 aliphatic carbocycles. The maximum atomic E-state index is 9.68. The van der Waals surface area contributed by atoms with Gasteiger partial charge in [-0.15, -0.1) is 0 Å². The van der Waals surface area contributed by atoms with E-state index in [2.05, 4.69) is 0 Å². The van der Waals surface area contributed by atoms with Crippen molar-refractivity contribution in [2.24, 2.45) is 0 Å². The third-order valence-corrected chi connectivity index (χ3v) is 8.81. The Labute approximate surface area is 300 Å². The summed E-state index contributed by atoms with van der Waals surface area (Å²) in [5.41, 5.74) is 2.30. The molecule has 0 fully saturated rings. The molecule has 0 spiro atoms. The van der Waals surface area contributed by atoms with Crippen LogP contribution in [0.25, 0.3) is 94.7 Å². The summed E-state index contributed by atoms with van der Waals surface area (Å²) in [6.45, 7) is 0. The zero-order valence-electron chi connectivity index (χ0n) is 35.2. The maximum absolute atomic E-state index is 9.68. The van der Waals surface area contributed by atoms with Crippen molar-refractivity contribution in [2.75, 3.05) is 0 Å². The first-order chi connectivity index (χ1) is 28.5. The van der Waals surface area contributed by atoms with E-state index in [1.165, 1.54) is 0 Å². The highest BCUT2D eigenvalue weighted by Gasteiger charge is 2.24. The minimum Gasteiger partial charge on any atom is -0.455 e. The van der Waals surface area contributed by atoms with Crippen LogP contribution in [0.2, 0.25) is 0 Å². The summed E-state index contributed by atoms with van der Waals surface area (Å²) in [4.78, 5) is 14.8. The first-order valence-corrected chi connectivity index (χ1v) is 16.0. The minimum absolute atomic E-state index is 0.00523. The molecule has 7 aromatic carbocycles. The zero-order chi connectivity index (χ0) is 40.9. The molecule has 0 atom stereocenters. The molecule has 5 nitrogen and oxygen atoms in total. The predicted molar refractivity (Wildman–Crippen MR) is 203 cm³/mol. The second-order valence-corrected chi connectivity index (χ2v) is 11.7. The fourth-order valence-corrected chi connectivity index (χ4v) is 6.60. The van der Waals surface area contributed by atoms with E-state index in [0.29, 0.717) is 22.2 Å². The number of hydrogen-bond donors (Lipinski definition) is 0.